The molecule has 0 bridgehead atoms. The zero-order valence-electron chi connectivity index (χ0n) is 21.7. The van der Waals surface area contributed by atoms with Gasteiger partial charge in [-0.25, -0.2) is 5.84 Å². The highest BCUT2D eigenvalue weighted by molar-refractivity contribution is 6.35. The Morgan fingerprint density at radius 1 is 1.29 bits per heavy atom. The summed E-state index contributed by atoms with van der Waals surface area (Å²) < 4.78 is 0. The number of pyridine rings is 1. The molecule has 0 aliphatic heterocycles. The number of aromatic nitrogens is 3. The molecule has 0 radical (unpaired) electrons. The molecular formula is C28H32ClN9. The second kappa shape index (κ2) is 10.0. The standard InChI is InChI=1S/C28H32ClN9/c1-28(2,3)15-34-25-16(11-30)12-33-26-20(25)9-17(10-22(26)29)36-27(23(31)14-38(32)18-7-8-18)19-5-4-6-24-21(19)13-35-37-24/h4-6,9-10,12-14,18,27,36H,7-8,15,31-32H2,1-3H3,(H,33,34)(H,35,37)/b23-14-/t27-/m0/s1. The highest BCUT2D eigenvalue weighted by Gasteiger charge is 2.27. The first kappa shape index (κ1) is 25.6. The van der Waals surface area contributed by atoms with E-state index < -0.39 is 6.04 Å². The lowest BCUT2D eigenvalue weighted by molar-refractivity contribution is 0.378. The minimum atomic E-state index is -0.423. The first-order valence-electron chi connectivity index (χ1n) is 12.6. The Morgan fingerprint density at radius 2 is 2.08 bits per heavy atom. The van der Waals surface area contributed by atoms with Gasteiger partial charge < -0.3 is 21.4 Å². The molecule has 2 aromatic carbocycles. The molecular weight excluding hydrogens is 498 g/mol. The maximum atomic E-state index is 9.80. The Labute approximate surface area is 226 Å². The molecule has 7 N–H and O–H groups in total. The van der Waals surface area contributed by atoms with Crippen LogP contribution >= 0.6 is 11.6 Å². The number of anilines is 2. The number of nitriles is 1. The molecule has 1 atom stereocenters. The van der Waals surface area contributed by atoms with Crippen molar-refractivity contribution in [2.75, 3.05) is 17.2 Å². The highest BCUT2D eigenvalue weighted by atomic mass is 35.5. The van der Waals surface area contributed by atoms with Gasteiger partial charge in [0.05, 0.1) is 45.2 Å². The third kappa shape index (κ3) is 5.32. The van der Waals surface area contributed by atoms with Gasteiger partial charge >= 0.3 is 0 Å². The minimum absolute atomic E-state index is 0.00520. The number of fused-ring (bicyclic) bond motifs is 2. The van der Waals surface area contributed by atoms with E-state index >= 15 is 0 Å². The molecule has 4 aromatic rings. The summed E-state index contributed by atoms with van der Waals surface area (Å²) in [6.07, 6.45) is 7.24. The number of nitrogens with two attached hydrogens (primary N) is 2. The summed E-state index contributed by atoms with van der Waals surface area (Å²) in [5.74, 6) is 6.26. The summed E-state index contributed by atoms with van der Waals surface area (Å²) in [7, 11) is 0. The highest BCUT2D eigenvalue weighted by Crippen LogP contribution is 2.37. The van der Waals surface area contributed by atoms with Crippen molar-refractivity contribution in [3.05, 3.63) is 70.8 Å². The fraction of sp³-hybridized carbons (Fsp3) is 0.321. The van der Waals surface area contributed by atoms with E-state index in [1.807, 2.05) is 30.3 Å². The molecule has 9 nitrogen and oxygen atoms in total. The number of hydrogen-bond donors (Lipinski definition) is 5. The number of benzene rings is 2. The average molecular weight is 530 g/mol. The molecule has 2 heterocycles. The van der Waals surface area contributed by atoms with E-state index in [0.29, 0.717) is 40.1 Å². The summed E-state index contributed by atoms with van der Waals surface area (Å²) in [5.41, 5.74) is 11.6. The van der Waals surface area contributed by atoms with Crippen LogP contribution < -0.4 is 22.2 Å². The summed E-state index contributed by atoms with van der Waals surface area (Å²) in [6.45, 7) is 7.07. The van der Waals surface area contributed by atoms with Gasteiger partial charge in [-0.3, -0.25) is 10.1 Å². The Morgan fingerprint density at radius 3 is 2.79 bits per heavy atom. The molecule has 5 rings (SSSR count). The van der Waals surface area contributed by atoms with Crippen molar-refractivity contribution >= 4 is 44.8 Å². The van der Waals surface area contributed by atoms with Gasteiger partial charge in [0, 0.05) is 41.4 Å². The summed E-state index contributed by atoms with van der Waals surface area (Å²) in [4.78, 5) is 4.48. The predicted octanol–water partition coefficient (Wildman–Crippen LogP) is 5.39. The van der Waals surface area contributed by atoms with Crippen LogP contribution in [0.5, 0.6) is 0 Å². The van der Waals surface area contributed by atoms with Gasteiger partial charge in [0.1, 0.15) is 6.07 Å². The van der Waals surface area contributed by atoms with Crippen LogP contribution in [-0.2, 0) is 0 Å². The van der Waals surface area contributed by atoms with Crippen LogP contribution in [0, 0.1) is 16.7 Å². The van der Waals surface area contributed by atoms with Crippen LogP contribution in [0.15, 0.2) is 54.6 Å². The smallest absolute Gasteiger partial charge is 0.103 e. The second-order valence-corrected chi connectivity index (χ2v) is 11.4. The molecule has 1 saturated carbocycles. The second-order valence-electron chi connectivity index (χ2n) is 11.0. The monoisotopic (exact) mass is 529 g/mol. The number of rotatable bonds is 8. The maximum absolute atomic E-state index is 9.80. The fourth-order valence-electron chi connectivity index (χ4n) is 4.45. The molecule has 0 saturated heterocycles. The van der Waals surface area contributed by atoms with Gasteiger partial charge in [-0.05, 0) is 42.0 Å². The van der Waals surface area contributed by atoms with Crippen LogP contribution in [0.4, 0.5) is 11.4 Å². The Kier molecular flexibility index (Phi) is 6.78. The van der Waals surface area contributed by atoms with Gasteiger partial charge in [0.25, 0.3) is 0 Å². The lowest BCUT2D eigenvalue weighted by atomic mass is 9.96. The topological polar surface area (TPSA) is 145 Å². The van der Waals surface area contributed by atoms with E-state index in [9.17, 15) is 5.26 Å². The molecule has 196 valence electrons. The van der Waals surface area contributed by atoms with Crippen LogP contribution in [0.2, 0.25) is 5.02 Å². The van der Waals surface area contributed by atoms with E-state index in [0.717, 1.165) is 40.4 Å². The number of halogens is 1. The van der Waals surface area contributed by atoms with Crippen LogP contribution in [0.25, 0.3) is 21.8 Å². The zero-order valence-corrected chi connectivity index (χ0v) is 22.5. The zero-order chi connectivity index (χ0) is 27.0. The first-order chi connectivity index (χ1) is 18.1. The van der Waals surface area contributed by atoms with E-state index in [1.165, 1.54) is 0 Å². The molecule has 1 aliphatic rings. The number of aromatic amines is 1. The lowest BCUT2D eigenvalue weighted by Crippen LogP contribution is -2.30. The van der Waals surface area contributed by atoms with E-state index in [-0.39, 0.29) is 5.41 Å². The first-order valence-corrected chi connectivity index (χ1v) is 13.0. The molecule has 1 aliphatic carbocycles. The van der Waals surface area contributed by atoms with Crippen molar-refractivity contribution < 1.29 is 0 Å². The quantitative estimate of drug-likeness (QED) is 0.151. The summed E-state index contributed by atoms with van der Waals surface area (Å²) in [5, 5.41) is 27.9. The van der Waals surface area contributed by atoms with E-state index in [1.54, 1.807) is 23.6 Å². The van der Waals surface area contributed by atoms with Gasteiger partial charge in [-0.15, -0.1) is 0 Å². The normalized spacial score (nSPS) is 14.9. The minimum Gasteiger partial charge on any atom is -0.399 e. The SMILES string of the molecule is CC(C)(C)CNc1c(C#N)cnc2c(Cl)cc(N[C@H](/C(N)=C/N(N)C3CC3)c3cccc4[nH]ncc34)cc12. The Balaban J connectivity index is 1.60. The van der Waals surface area contributed by atoms with Crippen molar-refractivity contribution in [2.45, 2.75) is 45.7 Å². The van der Waals surface area contributed by atoms with E-state index in [2.05, 4.69) is 52.7 Å². The van der Waals surface area contributed by atoms with Crippen molar-refractivity contribution in [3.63, 3.8) is 0 Å². The van der Waals surface area contributed by atoms with Gasteiger partial charge in [0.2, 0.25) is 0 Å². The van der Waals surface area contributed by atoms with Gasteiger partial charge in [-0.1, -0.05) is 44.5 Å². The van der Waals surface area contributed by atoms with E-state index in [4.69, 9.17) is 23.2 Å². The third-order valence-corrected chi connectivity index (χ3v) is 6.87. The van der Waals surface area contributed by atoms with Crippen molar-refractivity contribution in [1.29, 1.82) is 5.26 Å². The lowest BCUT2D eigenvalue weighted by Gasteiger charge is -2.25. The number of nitrogens with one attached hydrogen (secondary N) is 3. The number of hydrogen-bond acceptors (Lipinski definition) is 8. The Bertz CT molecular complexity index is 1560. The van der Waals surface area contributed by atoms with Crippen molar-refractivity contribution in [3.8, 4) is 6.07 Å². The van der Waals surface area contributed by atoms with Gasteiger partial charge in [0.15, 0.2) is 0 Å². The van der Waals surface area contributed by atoms with Crippen molar-refractivity contribution in [1.82, 2.24) is 20.2 Å². The van der Waals surface area contributed by atoms with Crippen molar-refractivity contribution in [2.24, 2.45) is 17.0 Å². The molecule has 0 amide bonds. The average Bonchev–Trinajstić information content (AvgIpc) is 3.62. The van der Waals surface area contributed by atoms with Crippen LogP contribution in [0.1, 0.15) is 50.8 Å². The molecule has 38 heavy (non-hydrogen) atoms. The number of nitrogens with zero attached hydrogens (tertiary/aromatic N) is 4. The summed E-state index contributed by atoms with van der Waals surface area (Å²) >= 11 is 6.74. The molecule has 1 fully saturated rings. The third-order valence-electron chi connectivity index (χ3n) is 6.58. The number of H-pyrrole nitrogens is 1. The molecule has 10 heteroatoms. The fourth-order valence-corrected chi connectivity index (χ4v) is 4.71. The molecule has 0 spiro atoms. The van der Waals surface area contributed by atoms with Crippen LogP contribution in [0.3, 0.4) is 0 Å². The van der Waals surface area contributed by atoms with Crippen LogP contribution in [-0.4, -0.2) is 32.8 Å². The molecule has 2 aromatic heterocycles. The largest absolute Gasteiger partial charge is 0.399 e. The number of hydrazine groups is 1. The predicted molar refractivity (Wildman–Crippen MR) is 153 cm³/mol. The van der Waals surface area contributed by atoms with Gasteiger partial charge in [-0.2, -0.15) is 10.4 Å². The summed E-state index contributed by atoms with van der Waals surface area (Å²) in [6, 6.07) is 11.9. The Hall–Kier alpha value is -4.00. The maximum Gasteiger partial charge on any atom is 0.103 e. The molecule has 0 unspecified atom stereocenters.